The van der Waals surface area contributed by atoms with Crippen molar-refractivity contribution in [1.29, 1.82) is 0 Å². The molecule has 0 amide bonds. The van der Waals surface area contributed by atoms with Crippen LogP contribution in [0.2, 0.25) is 0 Å². The van der Waals surface area contributed by atoms with E-state index in [1.54, 1.807) is 0 Å². The van der Waals surface area contributed by atoms with Crippen molar-refractivity contribution >= 4 is 11.9 Å². The predicted octanol–water partition coefficient (Wildman–Crippen LogP) is 10.00. The van der Waals surface area contributed by atoms with E-state index < -0.39 is 92.7 Å². The Morgan fingerprint density at radius 1 is 0.440 bits per heavy atom. The average Bonchev–Trinajstić information content (AvgIpc) is 3.40. The molecule has 15 nitrogen and oxygen atoms in total. The van der Waals surface area contributed by atoms with Gasteiger partial charge in [0.2, 0.25) is 0 Å². The highest BCUT2D eigenvalue weighted by atomic mass is 16.7. The Balaban J connectivity index is 1.75. The lowest BCUT2D eigenvalue weighted by Crippen LogP contribution is -2.61. The standard InChI is InChI=1S/C60H104O15/c1-3-5-7-9-11-13-15-17-19-21-22-23-24-25-26-27-29-31-33-35-37-39-41-43-52(63)73-48(45-70-51(62)42-40-38-36-34-32-30-28-20-18-16-14-12-10-8-6-4-2)46-71-59-58(69)56(67)54(65)50(75-59)47-72-60-57(68)55(66)53(64)49(44-61)74-60/h5,7,11,13,17,19-20,22-23,28,48-50,53-61,64-69H,3-4,6,8-10,12,14-16,18,21,24-27,29-47H2,1-2H3/b7-5-,13-11-,19-17-,23-22-,28-20-. The van der Waals surface area contributed by atoms with Gasteiger partial charge in [0, 0.05) is 12.8 Å². The Labute approximate surface area is 451 Å². The van der Waals surface area contributed by atoms with Crippen molar-refractivity contribution in [3.63, 3.8) is 0 Å². The number of ether oxygens (including phenoxy) is 6. The summed E-state index contributed by atoms with van der Waals surface area (Å²) in [4.78, 5) is 25.9. The maximum absolute atomic E-state index is 13.1. The predicted molar refractivity (Wildman–Crippen MR) is 293 cm³/mol. The van der Waals surface area contributed by atoms with Gasteiger partial charge in [-0.3, -0.25) is 9.59 Å². The molecule has 0 aromatic carbocycles. The Kier molecular flexibility index (Phi) is 42.0. The van der Waals surface area contributed by atoms with Crippen LogP contribution in [0.15, 0.2) is 60.8 Å². The molecular weight excluding hydrogens is 961 g/mol. The first kappa shape index (κ1) is 68.3. The van der Waals surface area contributed by atoms with E-state index in [9.17, 15) is 45.3 Å². The van der Waals surface area contributed by atoms with E-state index in [0.717, 1.165) is 96.3 Å². The van der Waals surface area contributed by atoms with E-state index in [0.29, 0.717) is 12.8 Å². The van der Waals surface area contributed by atoms with E-state index in [4.69, 9.17) is 28.4 Å². The van der Waals surface area contributed by atoms with Gasteiger partial charge in [-0.25, -0.2) is 0 Å². The number of carbonyl (C=O) groups excluding carboxylic acids is 2. The maximum Gasteiger partial charge on any atom is 0.306 e. The summed E-state index contributed by atoms with van der Waals surface area (Å²) in [6, 6.07) is 0. The number of carbonyl (C=O) groups is 2. The number of rotatable bonds is 46. The van der Waals surface area contributed by atoms with E-state index in [1.165, 1.54) is 77.0 Å². The fourth-order valence-corrected chi connectivity index (χ4v) is 8.97. The number of unbranched alkanes of at least 4 members (excludes halogenated alkanes) is 22. The van der Waals surface area contributed by atoms with Gasteiger partial charge >= 0.3 is 11.9 Å². The summed E-state index contributed by atoms with van der Waals surface area (Å²) in [5.41, 5.74) is 0. The van der Waals surface area contributed by atoms with Crippen LogP contribution in [0.25, 0.3) is 0 Å². The molecule has 0 aliphatic carbocycles. The molecule has 0 aromatic rings. The zero-order valence-electron chi connectivity index (χ0n) is 46.3. The first-order valence-corrected chi connectivity index (χ1v) is 29.4. The SMILES string of the molecule is CC/C=C\C/C=C\C/C=C\C/C=C\CCCCCCCCCCCCC(=O)OC(COC(=O)CCCCCCC/C=C\CCCCCCCCC)COC1OC(COC2OC(CO)C(O)C(O)C2O)C(O)C(O)C1O. The fourth-order valence-electron chi connectivity index (χ4n) is 8.97. The maximum atomic E-state index is 13.1. The molecule has 7 N–H and O–H groups in total. The summed E-state index contributed by atoms with van der Waals surface area (Å²) < 4.78 is 33.7. The molecule has 2 saturated heterocycles. The van der Waals surface area contributed by atoms with Gasteiger partial charge in [-0.15, -0.1) is 0 Å². The van der Waals surface area contributed by atoms with Crippen LogP contribution in [0.3, 0.4) is 0 Å². The number of allylic oxidation sites excluding steroid dienone is 10. The third kappa shape index (κ3) is 33.3. The van der Waals surface area contributed by atoms with Crippen molar-refractivity contribution in [2.24, 2.45) is 0 Å². The molecule has 2 heterocycles. The van der Waals surface area contributed by atoms with Gasteiger partial charge in [0.05, 0.1) is 19.8 Å². The summed E-state index contributed by atoms with van der Waals surface area (Å²) in [5.74, 6) is -0.937. The molecule has 0 radical (unpaired) electrons. The Morgan fingerprint density at radius 2 is 0.840 bits per heavy atom. The molecule has 0 spiro atoms. The van der Waals surface area contributed by atoms with Gasteiger partial charge in [-0.1, -0.05) is 184 Å². The van der Waals surface area contributed by atoms with Crippen LogP contribution in [-0.4, -0.2) is 142 Å². The van der Waals surface area contributed by atoms with E-state index >= 15 is 0 Å². The summed E-state index contributed by atoms with van der Waals surface area (Å²) in [5, 5.41) is 72.3. The Hall–Kier alpha value is -2.80. The molecule has 2 fully saturated rings. The number of hydrogen-bond donors (Lipinski definition) is 7. The second-order valence-corrected chi connectivity index (χ2v) is 20.4. The molecule has 0 saturated carbocycles. The van der Waals surface area contributed by atoms with Crippen molar-refractivity contribution in [3.05, 3.63) is 60.8 Å². The van der Waals surface area contributed by atoms with Crippen LogP contribution >= 0.6 is 0 Å². The van der Waals surface area contributed by atoms with E-state index in [2.05, 4.69) is 74.6 Å². The summed E-state index contributed by atoms with van der Waals surface area (Å²) in [7, 11) is 0. The lowest BCUT2D eigenvalue weighted by Gasteiger charge is -2.42. The zero-order valence-corrected chi connectivity index (χ0v) is 46.3. The average molecular weight is 1070 g/mol. The van der Waals surface area contributed by atoms with Gasteiger partial charge in [-0.05, 0) is 77.0 Å². The first-order valence-electron chi connectivity index (χ1n) is 29.4. The molecule has 434 valence electrons. The monoisotopic (exact) mass is 1060 g/mol. The van der Waals surface area contributed by atoms with Gasteiger partial charge in [0.25, 0.3) is 0 Å². The normalized spacial score (nSPS) is 24.9. The molecule has 0 aromatic heterocycles. The minimum atomic E-state index is -1.77. The number of aliphatic hydroxyl groups excluding tert-OH is 7. The topological polar surface area (TPSA) is 231 Å². The van der Waals surface area contributed by atoms with E-state index in [-0.39, 0.29) is 26.1 Å². The lowest BCUT2D eigenvalue weighted by molar-refractivity contribution is -0.332. The number of hydrogen-bond acceptors (Lipinski definition) is 15. The quantitative estimate of drug-likeness (QED) is 0.0171. The fraction of sp³-hybridized carbons (Fsp3) is 0.800. The highest BCUT2D eigenvalue weighted by Gasteiger charge is 2.47. The Bertz CT molecular complexity index is 1530. The molecule has 11 unspecified atom stereocenters. The zero-order chi connectivity index (χ0) is 54.6. The van der Waals surface area contributed by atoms with Crippen LogP contribution in [0.4, 0.5) is 0 Å². The van der Waals surface area contributed by atoms with Gasteiger partial charge in [0.1, 0.15) is 55.4 Å². The number of esters is 2. The summed E-state index contributed by atoms with van der Waals surface area (Å²) in [6.07, 6.45) is 38.1. The second kappa shape index (κ2) is 46.1. The first-order chi connectivity index (χ1) is 36.5. The Morgan fingerprint density at radius 3 is 1.33 bits per heavy atom. The molecular formula is C60H104O15. The van der Waals surface area contributed by atoms with Crippen LogP contribution in [0.5, 0.6) is 0 Å². The van der Waals surface area contributed by atoms with Gasteiger partial charge in [-0.2, -0.15) is 0 Å². The molecule has 11 atom stereocenters. The van der Waals surface area contributed by atoms with Crippen LogP contribution in [-0.2, 0) is 38.0 Å². The second-order valence-electron chi connectivity index (χ2n) is 20.4. The van der Waals surface area contributed by atoms with Crippen LogP contribution in [0, 0.1) is 0 Å². The number of aliphatic hydroxyl groups is 7. The smallest absolute Gasteiger partial charge is 0.306 e. The molecule has 2 aliphatic heterocycles. The highest BCUT2D eigenvalue weighted by Crippen LogP contribution is 2.27. The molecule has 2 rings (SSSR count). The largest absolute Gasteiger partial charge is 0.462 e. The molecule has 2 aliphatic rings. The summed E-state index contributed by atoms with van der Waals surface area (Å²) >= 11 is 0. The van der Waals surface area contributed by atoms with Crippen LogP contribution < -0.4 is 0 Å². The minimum Gasteiger partial charge on any atom is -0.462 e. The van der Waals surface area contributed by atoms with Crippen LogP contribution in [0.1, 0.15) is 213 Å². The molecule has 15 heteroatoms. The third-order valence-corrected chi connectivity index (χ3v) is 13.7. The van der Waals surface area contributed by atoms with Crippen molar-refractivity contribution in [3.8, 4) is 0 Å². The van der Waals surface area contributed by atoms with Crippen molar-refractivity contribution in [2.45, 2.75) is 280 Å². The summed E-state index contributed by atoms with van der Waals surface area (Å²) in [6.45, 7) is 2.48. The lowest BCUT2D eigenvalue weighted by atomic mass is 9.98. The molecule has 75 heavy (non-hydrogen) atoms. The molecule has 0 bridgehead atoms. The third-order valence-electron chi connectivity index (χ3n) is 13.7. The van der Waals surface area contributed by atoms with Crippen molar-refractivity contribution in [2.75, 3.05) is 26.4 Å². The van der Waals surface area contributed by atoms with Gasteiger partial charge < -0.3 is 64.2 Å². The van der Waals surface area contributed by atoms with Gasteiger partial charge in [0.15, 0.2) is 18.7 Å². The highest BCUT2D eigenvalue weighted by molar-refractivity contribution is 5.70. The van der Waals surface area contributed by atoms with Crippen molar-refractivity contribution < 1.29 is 73.8 Å². The van der Waals surface area contributed by atoms with E-state index in [1.807, 2.05) is 0 Å². The van der Waals surface area contributed by atoms with Crippen molar-refractivity contribution in [1.82, 2.24) is 0 Å². The minimum absolute atomic E-state index is 0.156.